The standard InChI is InChI=1S/C20H26N4O3/c1-13-11-14(2)18(15(3)12-13)20(27)24-8-4-7-23(9-10-24)19(26)16-5-6-17(25)22-21-16/h11-12H,4-10H2,1-3H3,(H,22,25). The maximum Gasteiger partial charge on any atom is 0.270 e. The predicted octanol–water partition coefficient (Wildman–Crippen LogP) is 1.55. The van der Waals surface area contributed by atoms with Crippen molar-refractivity contribution >= 4 is 23.4 Å². The van der Waals surface area contributed by atoms with Crippen molar-refractivity contribution < 1.29 is 14.4 Å². The Kier molecular flexibility index (Phi) is 5.58. The van der Waals surface area contributed by atoms with Gasteiger partial charge in [0.05, 0.1) is 0 Å². The molecule has 3 rings (SSSR count). The zero-order chi connectivity index (χ0) is 19.6. The van der Waals surface area contributed by atoms with Crippen molar-refractivity contribution in [2.75, 3.05) is 26.2 Å². The van der Waals surface area contributed by atoms with Crippen LogP contribution in [-0.4, -0.2) is 59.4 Å². The van der Waals surface area contributed by atoms with Crippen LogP contribution in [0.4, 0.5) is 0 Å². The van der Waals surface area contributed by atoms with Crippen molar-refractivity contribution in [3.63, 3.8) is 0 Å². The van der Waals surface area contributed by atoms with E-state index < -0.39 is 0 Å². The largest absolute Gasteiger partial charge is 0.337 e. The van der Waals surface area contributed by atoms with E-state index >= 15 is 0 Å². The normalized spacial score (nSPS) is 17.9. The van der Waals surface area contributed by atoms with Gasteiger partial charge in [-0.3, -0.25) is 14.4 Å². The second-order valence-electron chi connectivity index (χ2n) is 7.31. The van der Waals surface area contributed by atoms with Gasteiger partial charge in [-0.15, -0.1) is 0 Å². The van der Waals surface area contributed by atoms with Crippen LogP contribution in [-0.2, 0) is 9.59 Å². The lowest BCUT2D eigenvalue weighted by atomic mass is 9.98. The summed E-state index contributed by atoms with van der Waals surface area (Å²) in [6.45, 7) is 8.14. The third kappa shape index (κ3) is 4.18. The molecule has 1 fully saturated rings. The average molecular weight is 370 g/mol. The summed E-state index contributed by atoms with van der Waals surface area (Å²) in [7, 11) is 0. The number of hydrazone groups is 1. The summed E-state index contributed by atoms with van der Waals surface area (Å²) >= 11 is 0. The number of carbonyl (C=O) groups excluding carboxylic acids is 3. The van der Waals surface area contributed by atoms with Crippen LogP contribution in [0, 0.1) is 20.8 Å². The minimum atomic E-state index is -0.164. The first-order chi connectivity index (χ1) is 12.9. The summed E-state index contributed by atoms with van der Waals surface area (Å²) < 4.78 is 0. The van der Waals surface area contributed by atoms with E-state index in [1.165, 1.54) is 0 Å². The van der Waals surface area contributed by atoms with E-state index in [4.69, 9.17) is 0 Å². The van der Waals surface area contributed by atoms with Crippen LogP contribution in [0.15, 0.2) is 17.2 Å². The van der Waals surface area contributed by atoms with E-state index in [1.807, 2.05) is 37.8 Å². The molecule has 7 nitrogen and oxygen atoms in total. The molecule has 0 aliphatic carbocycles. The fraction of sp³-hybridized carbons (Fsp3) is 0.500. The number of carbonyl (C=O) groups is 3. The molecule has 144 valence electrons. The molecule has 27 heavy (non-hydrogen) atoms. The monoisotopic (exact) mass is 370 g/mol. The van der Waals surface area contributed by atoms with E-state index in [0.717, 1.165) is 28.7 Å². The highest BCUT2D eigenvalue weighted by molar-refractivity contribution is 6.39. The van der Waals surface area contributed by atoms with Crippen molar-refractivity contribution in [2.45, 2.75) is 40.0 Å². The Morgan fingerprint density at radius 3 is 2.07 bits per heavy atom. The topological polar surface area (TPSA) is 82.1 Å². The Morgan fingerprint density at radius 1 is 0.926 bits per heavy atom. The Bertz CT molecular complexity index is 792. The van der Waals surface area contributed by atoms with Crippen molar-refractivity contribution in [2.24, 2.45) is 5.10 Å². The molecule has 2 heterocycles. The van der Waals surface area contributed by atoms with Crippen LogP contribution < -0.4 is 5.43 Å². The molecule has 2 aliphatic heterocycles. The van der Waals surface area contributed by atoms with Gasteiger partial charge < -0.3 is 9.80 Å². The van der Waals surface area contributed by atoms with Gasteiger partial charge in [-0.05, 0) is 38.3 Å². The Morgan fingerprint density at radius 2 is 1.52 bits per heavy atom. The second kappa shape index (κ2) is 7.90. The van der Waals surface area contributed by atoms with Crippen LogP contribution in [0.1, 0.15) is 46.3 Å². The average Bonchev–Trinajstić information content (AvgIpc) is 2.87. The van der Waals surface area contributed by atoms with Crippen molar-refractivity contribution in [3.8, 4) is 0 Å². The fourth-order valence-electron chi connectivity index (χ4n) is 3.81. The molecule has 0 bridgehead atoms. The fourth-order valence-corrected chi connectivity index (χ4v) is 3.81. The SMILES string of the molecule is Cc1cc(C)c(C(=O)N2CCCN(C(=O)C3=NNC(=O)CC3)CC2)c(C)c1. The van der Waals surface area contributed by atoms with Crippen LogP contribution in [0.3, 0.4) is 0 Å². The summed E-state index contributed by atoms with van der Waals surface area (Å²) in [5.74, 6) is -0.281. The van der Waals surface area contributed by atoms with Crippen LogP contribution in [0.25, 0.3) is 0 Å². The summed E-state index contributed by atoms with van der Waals surface area (Å²) in [6, 6.07) is 4.06. The highest BCUT2D eigenvalue weighted by Gasteiger charge is 2.28. The number of hydrogen-bond donors (Lipinski definition) is 1. The molecule has 0 unspecified atom stereocenters. The predicted molar refractivity (Wildman–Crippen MR) is 103 cm³/mol. The molecule has 7 heteroatoms. The van der Waals surface area contributed by atoms with Crippen LogP contribution >= 0.6 is 0 Å². The molecule has 0 spiro atoms. The van der Waals surface area contributed by atoms with Gasteiger partial charge in [-0.2, -0.15) is 5.10 Å². The summed E-state index contributed by atoms with van der Waals surface area (Å²) in [5, 5.41) is 3.89. The van der Waals surface area contributed by atoms with Crippen molar-refractivity contribution in [1.29, 1.82) is 0 Å². The summed E-state index contributed by atoms with van der Waals surface area (Å²) in [6.07, 6.45) is 1.38. The number of amides is 3. The minimum Gasteiger partial charge on any atom is -0.337 e. The van der Waals surface area contributed by atoms with Crippen LogP contribution in [0.2, 0.25) is 0 Å². The zero-order valence-corrected chi connectivity index (χ0v) is 16.2. The number of nitrogens with zero attached hydrogens (tertiary/aromatic N) is 3. The van der Waals surface area contributed by atoms with Gasteiger partial charge in [-0.1, -0.05) is 17.7 Å². The molecule has 1 N–H and O–H groups in total. The van der Waals surface area contributed by atoms with E-state index in [2.05, 4.69) is 10.5 Å². The smallest absolute Gasteiger partial charge is 0.270 e. The summed E-state index contributed by atoms with van der Waals surface area (Å²) in [5.41, 5.74) is 6.65. The number of aryl methyl sites for hydroxylation is 3. The molecule has 1 saturated heterocycles. The first-order valence-electron chi connectivity index (χ1n) is 9.38. The molecular formula is C20H26N4O3. The molecule has 3 amide bonds. The van der Waals surface area contributed by atoms with E-state index in [1.54, 1.807) is 4.90 Å². The van der Waals surface area contributed by atoms with Crippen molar-refractivity contribution in [3.05, 3.63) is 34.4 Å². The molecule has 0 atom stereocenters. The van der Waals surface area contributed by atoms with Gasteiger partial charge in [0.25, 0.3) is 11.8 Å². The van der Waals surface area contributed by atoms with Gasteiger partial charge in [0, 0.05) is 44.6 Å². The summed E-state index contributed by atoms with van der Waals surface area (Å²) in [4.78, 5) is 40.5. The third-order valence-electron chi connectivity index (χ3n) is 5.11. The molecule has 0 aromatic heterocycles. The van der Waals surface area contributed by atoms with Gasteiger partial charge in [0.2, 0.25) is 5.91 Å². The van der Waals surface area contributed by atoms with E-state index in [-0.39, 0.29) is 24.1 Å². The lowest BCUT2D eigenvalue weighted by molar-refractivity contribution is -0.124. The lowest BCUT2D eigenvalue weighted by Gasteiger charge is -2.24. The Balaban J connectivity index is 1.69. The molecule has 2 aliphatic rings. The number of hydrogen-bond acceptors (Lipinski definition) is 4. The molecular weight excluding hydrogens is 344 g/mol. The second-order valence-corrected chi connectivity index (χ2v) is 7.31. The maximum absolute atomic E-state index is 13.1. The highest BCUT2D eigenvalue weighted by atomic mass is 16.2. The molecule has 1 aromatic carbocycles. The van der Waals surface area contributed by atoms with Crippen molar-refractivity contribution in [1.82, 2.24) is 15.2 Å². The van der Waals surface area contributed by atoms with Gasteiger partial charge in [0.15, 0.2) is 0 Å². The highest BCUT2D eigenvalue weighted by Crippen LogP contribution is 2.19. The first kappa shape index (κ1) is 19.1. The number of nitrogens with one attached hydrogen (secondary N) is 1. The number of benzene rings is 1. The van der Waals surface area contributed by atoms with E-state index in [9.17, 15) is 14.4 Å². The maximum atomic E-state index is 13.1. The van der Waals surface area contributed by atoms with Gasteiger partial charge >= 0.3 is 0 Å². The van der Waals surface area contributed by atoms with Gasteiger partial charge in [-0.25, -0.2) is 5.43 Å². The molecule has 1 aromatic rings. The van der Waals surface area contributed by atoms with Crippen LogP contribution in [0.5, 0.6) is 0 Å². The zero-order valence-electron chi connectivity index (χ0n) is 16.2. The Hall–Kier alpha value is -2.70. The Labute approximate surface area is 159 Å². The number of rotatable bonds is 2. The minimum absolute atomic E-state index is 0.0292. The molecule has 0 radical (unpaired) electrons. The van der Waals surface area contributed by atoms with E-state index in [0.29, 0.717) is 38.3 Å². The third-order valence-corrected chi connectivity index (χ3v) is 5.11. The quantitative estimate of drug-likeness (QED) is 0.858. The molecule has 0 saturated carbocycles. The lowest BCUT2D eigenvalue weighted by Crippen LogP contribution is -2.42. The van der Waals surface area contributed by atoms with Gasteiger partial charge in [0.1, 0.15) is 5.71 Å². The first-order valence-corrected chi connectivity index (χ1v) is 9.38.